The molecule has 1 aromatic carbocycles. The summed E-state index contributed by atoms with van der Waals surface area (Å²) in [6.45, 7) is 3.63. The van der Waals surface area contributed by atoms with Gasteiger partial charge in [-0.2, -0.15) is 0 Å². The maximum Gasteiger partial charge on any atom is 0.0449 e. The molecule has 1 aliphatic heterocycles. The summed E-state index contributed by atoms with van der Waals surface area (Å²) in [4.78, 5) is 2.56. The van der Waals surface area contributed by atoms with Crippen LogP contribution in [-0.2, 0) is 6.54 Å². The second-order valence-corrected chi connectivity index (χ2v) is 5.09. The van der Waals surface area contributed by atoms with Crippen LogP contribution >= 0.6 is 0 Å². The van der Waals surface area contributed by atoms with Crippen LogP contribution < -0.4 is 0 Å². The van der Waals surface area contributed by atoms with Gasteiger partial charge in [0, 0.05) is 24.6 Å². The molecule has 1 aromatic heterocycles. The molecular weight excluding hydrogens is 220 g/mol. The van der Waals surface area contributed by atoms with Crippen molar-refractivity contribution in [1.29, 1.82) is 0 Å². The van der Waals surface area contributed by atoms with Crippen molar-refractivity contribution < 1.29 is 0 Å². The van der Waals surface area contributed by atoms with Crippen LogP contribution in [0.25, 0.3) is 5.69 Å². The Morgan fingerprint density at radius 1 is 0.833 bits per heavy atom. The molecule has 0 spiro atoms. The molecule has 0 amide bonds. The predicted molar refractivity (Wildman–Crippen MR) is 74.9 cm³/mol. The molecule has 2 heteroatoms. The second kappa shape index (κ2) is 5.40. The second-order valence-electron chi connectivity index (χ2n) is 5.09. The summed E-state index contributed by atoms with van der Waals surface area (Å²) in [5.74, 6) is 0. The van der Waals surface area contributed by atoms with Crippen LogP contribution in [0.1, 0.15) is 24.8 Å². The van der Waals surface area contributed by atoms with Crippen LogP contribution in [0.15, 0.2) is 48.8 Å². The maximum absolute atomic E-state index is 2.56. The number of likely N-dealkylation sites (tertiary alicyclic amines) is 1. The lowest BCUT2D eigenvalue weighted by atomic mass is 10.1. The van der Waals surface area contributed by atoms with Crippen LogP contribution in [-0.4, -0.2) is 22.6 Å². The highest BCUT2D eigenvalue weighted by molar-refractivity contribution is 5.35. The average Bonchev–Trinajstić information content (AvgIpc) is 2.95. The first-order valence-electron chi connectivity index (χ1n) is 6.86. The topological polar surface area (TPSA) is 8.17 Å². The zero-order chi connectivity index (χ0) is 12.2. The molecule has 18 heavy (non-hydrogen) atoms. The van der Waals surface area contributed by atoms with Crippen molar-refractivity contribution in [2.24, 2.45) is 0 Å². The largest absolute Gasteiger partial charge is 0.324 e. The van der Waals surface area contributed by atoms with Gasteiger partial charge in [0.25, 0.3) is 0 Å². The molecule has 0 saturated carbocycles. The highest BCUT2D eigenvalue weighted by Gasteiger charge is 2.10. The van der Waals surface area contributed by atoms with E-state index in [0.29, 0.717) is 0 Å². The molecule has 0 atom stereocenters. The Hall–Kier alpha value is -1.54. The lowest BCUT2D eigenvalue weighted by molar-refractivity contribution is 0.221. The molecule has 1 fully saturated rings. The molecule has 94 valence electrons. The summed E-state index contributed by atoms with van der Waals surface area (Å²) >= 11 is 0. The molecule has 0 aliphatic carbocycles. The van der Waals surface area contributed by atoms with E-state index < -0.39 is 0 Å². The minimum Gasteiger partial charge on any atom is -0.324 e. The number of hydrogen-bond donors (Lipinski definition) is 0. The Morgan fingerprint density at radius 3 is 2.17 bits per heavy atom. The Kier molecular flexibility index (Phi) is 3.47. The normalized spacial score (nSPS) is 16.9. The lowest BCUT2D eigenvalue weighted by Gasteiger charge is -2.26. The van der Waals surface area contributed by atoms with Crippen LogP contribution in [0.2, 0.25) is 0 Å². The van der Waals surface area contributed by atoms with Crippen LogP contribution in [0.3, 0.4) is 0 Å². The van der Waals surface area contributed by atoms with Crippen molar-refractivity contribution in [3.8, 4) is 5.69 Å². The third-order valence-electron chi connectivity index (χ3n) is 3.69. The molecular formula is C16H20N2. The Morgan fingerprint density at radius 2 is 1.50 bits per heavy atom. The van der Waals surface area contributed by atoms with Crippen molar-refractivity contribution in [3.63, 3.8) is 0 Å². The fourth-order valence-electron chi connectivity index (χ4n) is 2.66. The number of benzene rings is 1. The van der Waals surface area contributed by atoms with Gasteiger partial charge in [0.1, 0.15) is 0 Å². The summed E-state index contributed by atoms with van der Waals surface area (Å²) in [5.41, 5.74) is 2.66. The molecule has 1 saturated heterocycles. The lowest BCUT2D eigenvalue weighted by Crippen LogP contribution is -2.29. The van der Waals surface area contributed by atoms with Gasteiger partial charge < -0.3 is 4.57 Å². The van der Waals surface area contributed by atoms with E-state index in [1.54, 1.807) is 0 Å². The smallest absolute Gasteiger partial charge is 0.0449 e. The number of piperidine rings is 1. The highest BCUT2D eigenvalue weighted by atomic mass is 15.1. The van der Waals surface area contributed by atoms with Gasteiger partial charge in [-0.1, -0.05) is 18.6 Å². The van der Waals surface area contributed by atoms with E-state index in [9.17, 15) is 0 Å². The summed E-state index contributed by atoms with van der Waals surface area (Å²) in [6.07, 6.45) is 8.30. The van der Waals surface area contributed by atoms with E-state index >= 15 is 0 Å². The fourth-order valence-corrected chi connectivity index (χ4v) is 2.66. The summed E-state index contributed by atoms with van der Waals surface area (Å²) in [5, 5.41) is 0. The van der Waals surface area contributed by atoms with Crippen molar-refractivity contribution in [3.05, 3.63) is 54.4 Å². The van der Waals surface area contributed by atoms with Crippen LogP contribution in [0, 0.1) is 0 Å². The standard InChI is InChI=1S/C16H20N2/c1-2-10-17(11-3-1)14-15-6-8-16(9-7-15)18-12-4-5-13-18/h4-9,12-13H,1-3,10-11,14H2. The van der Waals surface area contributed by atoms with Gasteiger partial charge in [-0.15, -0.1) is 0 Å². The highest BCUT2D eigenvalue weighted by Crippen LogP contribution is 2.15. The average molecular weight is 240 g/mol. The minimum absolute atomic E-state index is 1.10. The number of nitrogens with zero attached hydrogens (tertiary/aromatic N) is 2. The quantitative estimate of drug-likeness (QED) is 0.797. The molecule has 0 N–H and O–H groups in total. The van der Waals surface area contributed by atoms with Crippen molar-refractivity contribution >= 4 is 0 Å². The van der Waals surface area contributed by atoms with Crippen LogP contribution in [0.5, 0.6) is 0 Å². The molecule has 0 unspecified atom stereocenters. The molecule has 2 aromatic rings. The maximum atomic E-state index is 2.56. The number of rotatable bonds is 3. The van der Waals surface area contributed by atoms with Crippen molar-refractivity contribution in [2.75, 3.05) is 13.1 Å². The third kappa shape index (κ3) is 2.65. The van der Waals surface area contributed by atoms with E-state index in [4.69, 9.17) is 0 Å². The van der Waals surface area contributed by atoms with E-state index in [1.165, 1.54) is 43.6 Å². The number of hydrogen-bond acceptors (Lipinski definition) is 1. The van der Waals surface area contributed by atoms with Crippen molar-refractivity contribution in [2.45, 2.75) is 25.8 Å². The monoisotopic (exact) mass is 240 g/mol. The fraction of sp³-hybridized carbons (Fsp3) is 0.375. The minimum atomic E-state index is 1.10. The Balaban J connectivity index is 1.67. The molecule has 3 rings (SSSR count). The molecule has 1 aliphatic rings. The zero-order valence-corrected chi connectivity index (χ0v) is 10.8. The molecule has 2 nitrogen and oxygen atoms in total. The van der Waals surface area contributed by atoms with Gasteiger partial charge in [-0.25, -0.2) is 0 Å². The van der Waals surface area contributed by atoms with Gasteiger partial charge in [0.2, 0.25) is 0 Å². The Bertz CT molecular complexity index is 464. The summed E-state index contributed by atoms with van der Waals surface area (Å²) < 4.78 is 2.14. The first kappa shape index (κ1) is 11.5. The number of aromatic nitrogens is 1. The third-order valence-corrected chi connectivity index (χ3v) is 3.69. The zero-order valence-electron chi connectivity index (χ0n) is 10.8. The van der Waals surface area contributed by atoms with Gasteiger partial charge in [0.05, 0.1) is 0 Å². The van der Waals surface area contributed by atoms with E-state index in [1.807, 2.05) is 0 Å². The van der Waals surface area contributed by atoms with E-state index in [2.05, 4.69) is 58.3 Å². The van der Waals surface area contributed by atoms with Crippen LogP contribution in [0.4, 0.5) is 0 Å². The predicted octanol–water partition coefficient (Wildman–Crippen LogP) is 3.46. The molecule has 2 heterocycles. The van der Waals surface area contributed by atoms with Gasteiger partial charge >= 0.3 is 0 Å². The van der Waals surface area contributed by atoms with Crippen molar-refractivity contribution in [1.82, 2.24) is 9.47 Å². The van der Waals surface area contributed by atoms with Gasteiger partial charge in [0.15, 0.2) is 0 Å². The van der Waals surface area contributed by atoms with E-state index in [-0.39, 0.29) is 0 Å². The van der Waals surface area contributed by atoms with Gasteiger partial charge in [-0.3, -0.25) is 4.90 Å². The first-order valence-corrected chi connectivity index (χ1v) is 6.86. The first-order chi connectivity index (χ1) is 8.92. The summed E-state index contributed by atoms with van der Waals surface area (Å²) in [7, 11) is 0. The molecule has 0 radical (unpaired) electrons. The SMILES string of the molecule is c1ccn(-c2ccc(CN3CCCCC3)cc2)c1. The van der Waals surface area contributed by atoms with Gasteiger partial charge in [-0.05, 0) is 55.8 Å². The Labute approximate surface area is 109 Å². The summed E-state index contributed by atoms with van der Waals surface area (Å²) in [6, 6.07) is 13.0. The molecule has 0 bridgehead atoms. The van der Waals surface area contributed by atoms with E-state index in [0.717, 1.165) is 6.54 Å².